The summed E-state index contributed by atoms with van der Waals surface area (Å²) in [7, 11) is 1.98. The van der Waals surface area contributed by atoms with Gasteiger partial charge in [0.15, 0.2) is 0 Å². The van der Waals surface area contributed by atoms with E-state index in [1.807, 2.05) is 24.0 Å². The first-order chi connectivity index (χ1) is 9.28. The van der Waals surface area contributed by atoms with E-state index in [1.165, 1.54) is 22.5 Å². The van der Waals surface area contributed by atoms with E-state index in [1.54, 1.807) is 0 Å². The van der Waals surface area contributed by atoms with Gasteiger partial charge in [0.2, 0.25) is 0 Å². The second-order valence-electron chi connectivity index (χ2n) is 5.15. The maximum atomic E-state index is 4.52. The Balaban J connectivity index is 1.70. The number of rotatable bonds is 4. The molecule has 19 heavy (non-hydrogen) atoms. The number of aromatic nitrogens is 3. The van der Waals surface area contributed by atoms with E-state index in [-0.39, 0.29) is 0 Å². The van der Waals surface area contributed by atoms with Crippen LogP contribution in [-0.2, 0) is 26.4 Å². The highest BCUT2D eigenvalue weighted by Gasteiger charge is 2.23. The zero-order valence-electron chi connectivity index (χ0n) is 11.6. The van der Waals surface area contributed by atoms with Crippen LogP contribution in [-0.4, -0.2) is 14.8 Å². The average molecular weight is 256 g/mol. The highest BCUT2D eigenvalue weighted by atomic mass is 15.3. The van der Waals surface area contributed by atoms with Crippen molar-refractivity contribution in [3.05, 3.63) is 47.0 Å². The minimum Gasteiger partial charge on any atom is -0.304 e. The van der Waals surface area contributed by atoms with Crippen LogP contribution in [0.1, 0.15) is 41.9 Å². The fourth-order valence-corrected chi connectivity index (χ4v) is 2.87. The summed E-state index contributed by atoms with van der Waals surface area (Å²) in [5.74, 6) is 0. The lowest BCUT2D eigenvalue weighted by atomic mass is 10.1. The Bertz CT molecular complexity index is 573. The smallest absolute Gasteiger partial charge is 0.0666 e. The Morgan fingerprint density at radius 2 is 2.37 bits per heavy atom. The molecule has 0 aromatic carbocycles. The van der Waals surface area contributed by atoms with Crippen molar-refractivity contribution in [3.63, 3.8) is 0 Å². The Morgan fingerprint density at radius 1 is 1.47 bits per heavy atom. The van der Waals surface area contributed by atoms with Crippen LogP contribution in [0.4, 0.5) is 0 Å². The Hall–Kier alpha value is -1.68. The van der Waals surface area contributed by atoms with Gasteiger partial charge in [-0.3, -0.25) is 9.67 Å². The van der Waals surface area contributed by atoms with Crippen LogP contribution in [0.15, 0.2) is 24.5 Å². The fraction of sp³-hybridized carbons (Fsp3) is 0.467. The number of hydrogen-bond acceptors (Lipinski definition) is 3. The molecule has 2 heterocycles. The third-order valence-electron chi connectivity index (χ3n) is 3.82. The molecular formula is C15H20N4. The van der Waals surface area contributed by atoms with Crippen LogP contribution in [0.5, 0.6) is 0 Å². The van der Waals surface area contributed by atoms with Gasteiger partial charge in [0.25, 0.3) is 0 Å². The van der Waals surface area contributed by atoms with Crippen molar-refractivity contribution in [3.8, 4) is 0 Å². The number of nitrogens with one attached hydrogen (secondary N) is 1. The predicted molar refractivity (Wildman–Crippen MR) is 74.7 cm³/mol. The molecule has 4 nitrogen and oxygen atoms in total. The molecule has 2 aromatic heterocycles. The van der Waals surface area contributed by atoms with Gasteiger partial charge in [0.05, 0.1) is 17.4 Å². The molecule has 0 fully saturated rings. The van der Waals surface area contributed by atoms with Gasteiger partial charge in [-0.25, -0.2) is 0 Å². The molecule has 0 spiro atoms. The van der Waals surface area contributed by atoms with Crippen LogP contribution >= 0.6 is 0 Å². The van der Waals surface area contributed by atoms with Crippen LogP contribution < -0.4 is 5.32 Å². The molecular weight excluding hydrogens is 236 g/mol. The lowest BCUT2D eigenvalue weighted by molar-refractivity contribution is 0.519. The van der Waals surface area contributed by atoms with Crippen molar-refractivity contribution in [2.75, 3.05) is 0 Å². The first-order valence-electron chi connectivity index (χ1n) is 6.96. The molecule has 1 aliphatic carbocycles. The summed E-state index contributed by atoms with van der Waals surface area (Å²) in [5.41, 5.74) is 5.11. The molecule has 1 aliphatic rings. The molecule has 0 amide bonds. The summed E-state index contributed by atoms with van der Waals surface area (Å²) in [6, 6.07) is 4.60. The predicted octanol–water partition coefficient (Wildman–Crippen LogP) is 2.15. The molecule has 0 saturated heterocycles. The first kappa shape index (κ1) is 12.4. The van der Waals surface area contributed by atoms with Gasteiger partial charge < -0.3 is 5.32 Å². The number of fused-ring (bicyclic) bond motifs is 1. The van der Waals surface area contributed by atoms with Crippen LogP contribution in [0.3, 0.4) is 0 Å². The van der Waals surface area contributed by atoms with E-state index in [0.29, 0.717) is 6.04 Å². The van der Waals surface area contributed by atoms with E-state index in [2.05, 4.69) is 34.6 Å². The molecule has 3 rings (SSSR count). The second-order valence-corrected chi connectivity index (χ2v) is 5.15. The van der Waals surface area contributed by atoms with Crippen molar-refractivity contribution in [2.45, 2.75) is 38.8 Å². The van der Waals surface area contributed by atoms with Crippen molar-refractivity contribution in [2.24, 2.45) is 7.05 Å². The average Bonchev–Trinajstić information content (AvgIpc) is 2.99. The zero-order chi connectivity index (χ0) is 13.2. The van der Waals surface area contributed by atoms with E-state index in [9.17, 15) is 0 Å². The molecule has 0 radical (unpaired) electrons. The largest absolute Gasteiger partial charge is 0.304 e. The Kier molecular flexibility index (Phi) is 3.34. The van der Waals surface area contributed by atoms with Gasteiger partial charge in [-0.15, -0.1) is 0 Å². The molecule has 2 aromatic rings. The standard InChI is InChI=1S/C15H20N4/c1-3-13-12(10-19(2)18-13)9-17-14-7-6-11-5-4-8-16-15(11)14/h4-5,8,10,14,17H,3,6-7,9H2,1-2H3. The molecule has 1 atom stereocenters. The summed E-state index contributed by atoms with van der Waals surface area (Å²) in [6.07, 6.45) is 7.26. The van der Waals surface area contributed by atoms with Gasteiger partial charge in [0, 0.05) is 31.5 Å². The lowest BCUT2D eigenvalue weighted by Crippen LogP contribution is -2.19. The van der Waals surface area contributed by atoms with E-state index >= 15 is 0 Å². The Morgan fingerprint density at radius 3 is 3.21 bits per heavy atom. The molecule has 0 saturated carbocycles. The quantitative estimate of drug-likeness (QED) is 0.911. The summed E-state index contributed by atoms with van der Waals surface area (Å²) in [4.78, 5) is 4.52. The zero-order valence-corrected chi connectivity index (χ0v) is 11.6. The van der Waals surface area contributed by atoms with Crippen molar-refractivity contribution >= 4 is 0 Å². The van der Waals surface area contributed by atoms with Crippen molar-refractivity contribution < 1.29 is 0 Å². The first-order valence-corrected chi connectivity index (χ1v) is 6.96. The van der Waals surface area contributed by atoms with E-state index in [4.69, 9.17) is 0 Å². The normalized spacial score (nSPS) is 17.7. The van der Waals surface area contributed by atoms with Gasteiger partial charge in [0.1, 0.15) is 0 Å². The van der Waals surface area contributed by atoms with Gasteiger partial charge >= 0.3 is 0 Å². The van der Waals surface area contributed by atoms with Crippen molar-refractivity contribution in [1.29, 1.82) is 0 Å². The topological polar surface area (TPSA) is 42.7 Å². The summed E-state index contributed by atoms with van der Waals surface area (Å²) in [6.45, 7) is 3.02. The molecule has 1 N–H and O–H groups in total. The molecule has 100 valence electrons. The minimum atomic E-state index is 0.390. The van der Waals surface area contributed by atoms with E-state index < -0.39 is 0 Å². The molecule has 4 heteroatoms. The third-order valence-corrected chi connectivity index (χ3v) is 3.82. The van der Waals surface area contributed by atoms with Gasteiger partial charge in [-0.05, 0) is 30.9 Å². The number of aryl methyl sites for hydroxylation is 3. The SMILES string of the molecule is CCc1nn(C)cc1CNC1CCc2cccnc21. The second kappa shape index (κ2) is 5.13. The number of pyridine rings is 1. The van der Waals surface area contributed by atoms with Gasteiger partial charge in [-0.2, -0.15) is 5.10 Å². The molecule has 1 unspecified atom stereocenters. The Labute approximate surface area is 113 Å². The highest BCUT2D eigenvalue weighted by molar-refractivity contribution is 5.28. The number of hydrogen-bond donors (Lipinski definition) is 1. The number of nitrogens with zero attached hydrogens (tertiary/aromatic N) is 3. The lowest BCUT2D eigenvalue weighted by Gasteiger charge is -2.12. The highest BCUT2D eigenvalue weighted by Crippen LogP contribution is 2.29. The van der Waals surface area contributed by atoms with Crippen molar-refractivity contribution in [1.82, 2.24) is 20.1 Å². The summed E-state index contributed by atoms with van der Waals surface area (Å²) < 4.78 is 1.90. The van der Waals surface area contributed by atoms with Crippen LogP contribution in [0, 0.1) is 0 Å². The fourth-order valence-electron chi connectivity index (χ4n) is 2.87. The van der Waals surface area contributed by atoms with Crippen LogP contribution in [0.25, 0.3) is 0 Å². The third kappa shape index (κ3) is 2.40. The van der Waals surface area contributed by atoms with Crippen LogP contribution in [0.2, 0.25) is 0 Å². The molecule has 0 bridgehead atoms. The van der Waals surface area contributed by atoms with E-state index in [0.717, 1.165) is 25.8 Å². The maximum absolute atomic E-state index is 4.52. The minimum absolute atomic E-state index is 0.390. The summed E-state index contributed by atoms with van der Waals surface area (Å²) >= 11 is 0. The monoisotopic (exact) mass is 256 g/mol. The maximum Gasteiger partial charge on any atom is 0.0666 e. The van der Waals surface area contributed by atoms with Gasteiger partial charge in [-0.1, -0.05) is 13.0 Å². The molecule has 0 aliphatic heterocycles. The summed E-state index contributed by atoms with van der Waals surface area (Å²) in [5, 5.41) is 8.11.